The largest absolute Gasteiger partial charge is 0.474 e. The second kappa shape index (κ2) is 9.33. The maximum absolute atomic E-state index is 13.4. The van der Waals surface area contributed by atoms with Gasteiger partial charge in [0.2, 0.25) is 5.88 Å². The zero-order valence-corrected chi connectivity index (χ0v) is 20.4. The number of aromatic nitrogens is 1. The molecular weight excluding hydrogens is 506 g/mol. The van der Waals surface area contributed by atoms with Gasteiger partial charge in [0.1, 0.15) is 6.10 Å². The number of likely N-dealkylation sites (tertiary alicyclic amines) is 2. The average molecular weight is 530 g/mol. The van der Waals surface area contributed by atoms with Crippen molar-refractivity contribution in [2.45, 2.75) is 43.7 Å². The second-order valence-electron chi connectivity index (χ2n) is 9.33. The van der Waals surface area contributed by atoms with Gasteiger partial charge in [-0.3, -0.25) is 0 Å². The van der Waals surface area contributed by atoms with Gasteiger partial charge in [0.25, 0.3) is 0 Å². The number of hydrogen-bond acceptors (Lipinski definition) is 4. The van der Waals surface area contributed by atoms with Crippen molar-refractivity contribution >= 4 is 29.2 Å². The van der Waals surface area contributed by atoms with E-state index in [2.05, 4.69) is 4.98 Å². The summed E-state index contributed by atoms with van der Waals surface area (Å²) in [6.45, 7) is 3.88. The predicted octanol–water partition coefficient (Wildman–Crippen LogP) is 5.48. The molecule has 5 rings (SSSR count). The van der Waals surface area contributed by atoms with Crippen LogP contribution in [0.25, 0.3) is 0 Å². The third-order valence-electron chi connectivity index (χ3n) is 7.13. The number of alkyl halides is 3. The average Bonchev–Trinajstić information content (AvgIpc) is 3.56. The summed E-state index contributed by atoms with van der Waals surface area (Å²) >= 11 is 12.4. The molecule has 3 fully saturated rings. The molecule has 2 unspecified atom stereocenters. The highest BCUT2D eigenvalue weighted by Gasteiger charge is 2.47. The van der Waals surface area contributed by atoms with Crippen LogP contribution in [0.3, 0.4) is 0 Å². The van der Waals surface area contributed by atoms with Crippen molar-refractivity contribution in [3.63, 3.8) is 0 Å². The highest BCUT2D eigenvalue weighted by atomic mass is 35.5. The Kier molecular flexibility index (Phi) is 6.52. The molecule has 11 heteroatoms. The van der Waals surface area contributed by atoms with Gasteiger partial charge in [0.05, 0.1) is 34.4 Å². The van der Waals surface area contributed by atoms with Gasteiger partial charge in [0.15, 0.2) is 0 Å². The summed E-state index contributed by atoms with van der Waals surface area (Å²) in [6, 6.07) is 7.62. The summed E-state index contributed by atoms with van der Waals surface area (Å²) in [5.74, 6) is -0.150. The van der Waals surface area contributed by atoms with Crippen molar-refractivity contribution < 1.29 is 27.4 Å². The van der Waals surface area contributed by atoms with Crippen molar-refractivity contribution in [1.82, 2.24) is 14.8 Å². The SMILES string of the molecule is C[C@@H](Oc1ccc(C(F)(F)F)cn1)[C@@H]1CN(C(=O)N2CC3CC2CO3)C[C@@H]1c1ccc(Cl)c(Cl)c1. The van der Waals surface area contributed by atoms with Crippen LogP contribution in [0.1, 0.15) is 30.4 Å². The monoisotopic (exact) mass is 529 g/mol. The molecule has 35 heavy (non-hydrogen) atoms. The molecule has 3 saturated heterocycles. The Hall–Kier alpha value is -2.23. The molecule has 0 spiro atoms. The van der Waals surface area contributed by atoms with Crippen molar-refractivity contribution in [2.75, 3.05) is 26.2 Å². The number of carbonyl (C=O) groups is 1. The van der Waals surface area contributed by atoms with E-state index in [1.54, 1.807) is 12.1 Å². The molecule has 4 heterocycles. The molecule has 2 amide bonds. The fourth-order valence-electron chi connectivity index (χ4n) is 5.27. The van der Waals surface area contributed by atoms with E-state index in [0.29, 0.717) is 36.3 Å². The topological polar surface area (TPSA) is 54.9 Å². The highest BCUT2D eigenvalue weighted by molar-refractivity contribution is 6.42. The first-order valence-electron chi connectivity index (χ1n) is 11.4. The van der Waals surface area contributed by atoms with Crippen LogP contribution in [0.5, 0.6) is 5.88 Å². The molecule has 2 bridgehead atoms. The van der Waals surface area contributed by atoms with Crippen LogP contribution in [0.15, 0.2) is 36.5 Å². The minimum atomic E-state index is -4.47. The van der Waals surface area contributed by atoms with E-state index in [1.807, 2.05) is 22.8 Å². The molecular formula is C24H24Cl2F3N3O3. The Morgan fingerprint density at radius 2 is 1.97 bits per heavy atom. The lowest BCUT2D eigenvalue weighted by Gasteiger charge is -2.31. The summed E-state index contributed by atoms with van der Waals surface area (Å²) in [6.07, 6.45) is -3.19. The number of rotatable bonds is 4. The van der Waals surface area contributed by atoms with Crippen LogP contribution < -0.4 is 4.74 Å². The van der Waals surface area contributed by atoms with Crippen LogP contribution in [-0.4, -0.2) is 65.3 Å². The van der Waals surface area contributed by atoms with Gasteiger partial charge in [-0.25, -0.2) is 9.78 Å². The van der Waals surface area contributed by atoms with Crippen LogP contribution in [-0.2, 0) is 10.9 Å². The summed E-state index contributed by atoms with van der Waals surface area (Å²) in [7, 11) is 0. The van der Waals surface area contributed by atoms with Crippen LogP contribution in [0.2, 0.25) is 10.0 Å². The van der Waals surface area contributed by atoms with Gasteiger partial charge in [-0.15, -0.1) is 0 Å². The van der Waals surface area contributed by atoms with Gasteiger partial charge >= 0.3 is 12.2 Å². The smallest absolute Gasteiger partial charge is 0.417 e. The molecule has 0 aliphatic carbocycles. The van der Waals surface area contributed by atoms with E-state index in [1.165, 1.54) is 6.07 Å². The molecule has 1 aromatic heterocycles. The van der Waals surface area contributed by atoms with E-state index in [9.17, 15) is 18.0 Å². The van der Waals surface area contributed by atoms with E-state index in [0.717, 1.165) is 24.2 Å². The van der Waals surface area contributed by atoms with Crippen LogP contribution in [0.4, 0.5) is 18.0 Å². The molecule has 3 aliphatic rings. The first kappa shape index (κ1) is 24.5. The van der Waals surface area contributed by atoms with Crippen molar-refractivity contribution in [3.8, 4) is 5.88 Å². The molecule has 2 aromatic rings. The Balaban J connectivity index is 1.36. The second-order valence-corrected chi connectivity index (χ2v) is 10.1. The number of hydrogen-bond donors (Lipinski definition) is 0. The number of ether oxygens (including phenoxy) is 2. The lowest BCUT2D eigenvalue weighted by atomic mass is 9.86. The Bertz CT molecular complexity index is 1100. The summed E-state index contributed by atoms with van der Waals surface area (Å²) in [4.78, 5) is 20.9. The molecule has 1 aromatic carbocycles. The lowest BCUT2D eigenvalue weighted by Crippen LogP contribution is -2.48. The van der Waals surface area contributed by atoms with Crippen molar-refractivity contribution in [3.05, 3.63) is 57.7 Å². The predicted molar refractivity (Wildman–Crippen MR) is 124 cm³/mol. The van der Waals surface area contributed by atoms with Gasteiger partial charge < -0.3 is 19.3 Å². The third kappa shape index (κ3) is 4.90. The number of fused-ring (bicyclic) bond motifs is 2. The first-order valence-corrected chi connectivity index (χ1v) is 12.2. The zero-order chi connectivity index (χ0) is 24.9. The maximum atomic E-state index is 13.4. The standard InChI is InChI=1S/C24H24Cl2F3N3O3/c1-13(35-22-5-3-15(8-30-22)24(27,28)29)18-10-31(23(33)32-9-17-7-16(32)12-34-17)11-19(18)14-2-4-20(25)21(26)6-14/h2-6,8,13,16-19H,7,9-12H2,1H3/t13-,16?,17?,18+,19-/m1/s1. The zero-order valence-electron chi connectivity index (χ0n) is 18.8. The molecule has 3 aliphatic heterocycles. The number of urea groups is 1. The molecule has 188 valence electrons. The number of nitrogens with zero attached hydrogens (tertiary/aromatic N) is 3. The fourth-order valence-corrected chi connectivity index (χ4v) is 5.57. The summed E-state index contributed by atoms with van der Waals surface area (Å²) < 4.78 is 50.2. The maximum Gasteiger partial charge on any atom is 0.417 e. The number of pyridine rings is 1. The Morgan fingerprint density at radius 3 is 2.57 bits per heavy atom. The van der Waals surface area contributed by atoms with Crippen LogP contribution in [0, 0.1) is 5.92 Å². The number of amides is 2. The quantitative estimate of drug-likeness (QED) is 0.526. The summed E-state index contributed by atoms with van der Waals surface area (Å²) in [5, 5.41) is 0.851. The molecule has 0 saturated carbocycles. The van der Waals surface area contributed by atoms with E-state index in [4.69, 9.17) is 32.7 Å². The van der Waals surface area contributed by atoms with Crippen LogP contribution >= 0.6 is 23.2 Å². The summed E-state index contributed by atoms with van der Waals surface area (Å²) in [5.41, 5.74) is 0.0783. The van der Waals surface area contributed by atoms with E-state index >= 15 is 0 Å². The molecule has 6 nitrogen and oxygen atoms in total. The Labute approximate surface area is 210 Å². The van der Waals surface area contributed by atoms with Crippen molar-refractivity contribution in [1.29, 1.82) is 0 Å². The van der Waals surface area contributed by atoms with Crippen molar-refractivity contribution in [2.24, 2.45) is 5.92 Å². The normalized spacial score (nSPS) is 26.9. The third-order valence-corrected chi connectivity index (χ3v) is 7.87. The van der Waals surface area contributed by atoms with E-state index in [-0.39, 0.29) is 35.9 Å². The van der Waals surface area contributed by atoms with Gasteiger partial charge in [0, 0.05) is 43.7 Å². The number of carbonyl (C=O) groups excluding carboxylic acids is 1. The van der Waals surface area contributed by atoms with Gasteiger partial charge in [-0.2, -0.15) is 13.2 Å². The minimum absolute atomic E-state index is 0.0341. The van der Waals surface area contributed by atoms with Gasteiger partial charge in [-0.05, 0) is 37.1 Å². The fraction of sp³-hybridized carbons (Fsp3) is 0.500. The number of morpholine rings is 1. The molecule has 0 radical (unpaired) electrons. The Morgan fingerprint density at radius 1 is 1.17 bits per heavy atom. The minimum Gasteiger partial charge on any atom is -0.474 e. The first-order chi connectivity index (χ1) is 16.6. The highest BCUT2D eigenvalue weighted by Crippen LogP contribution is 2.40. The lowest BCUT2D eigenvalue weighted by molar-refractivity contribution is -0.137. The molecule has 0 N–H and O–H groups in total. The molecule has 5 atom stereocenters. The van der Waals surface area contributed by atoms with E-state index < -0.39 is 17.8 Å². The number of benzene rings is 1. The number of halogens is 5. The van der Waals surface area contributed by atoms with Gasteiger partial charge in [-0.1, -0.05) is 29.3 Å².